The van der Waals surface area contributed by atoms with E-state index in [1.165, 1.54) is 17.0 Å². The van der Waals surface area contributed by atoms with E-state index in [9.17, 15) is 27.6 Å². The molecular formula is C20H15F3N2O4. The van der Waals surface area contributed by atoms with E-state index < -0.39 is 35.9 Å². The molecule has 1 fully saturated rings. The smallest absolute Gasteiger partial charge is 0.416 e. The third-order valence-electron chi connectivity index (χ3n) is 4.93. The summed E-state index contributed by atoms with van der Waals surface area (Å²) in [6.07, 6.45) is -5.35. The van der Waals surface area contributed by atoms with Gasteiger partial charge in [-0.25, -0.2) is 4.79 Å². The molecule has 0 aromatic heterocycles. The van der Waals surface area contributed by atoms with Crippen LogP contribution in [-0.2, 0) is 20.5 Å². The van der Waals surface area contributed by atoms with Gasteiger partial charge in [0.25, 0.3) is 0 Å². The Bertz CT molecular complexity index is 1010. The second-order valence-electron chi connectivity index (χ2n) is 6.77. The molecule has 0 spiro atoms. The minimum absolute atomic E-state index is 0.0343. The van der Waals surface area contributed by atoms with Crippen molar-refractivity contribution in [3.8, 4) is 0 Å². The number of carbonyl (C=O) groups is 3. The van der Waals surface area contributed by atoms with E-state index in [2.05, 4.69) is 5.32 Å². The maximum atomic E-state index is 12.9. The number of benzene rings is 2. The zero-order chi connectivity index (χ0) is 20.8. The first-order valence-corrected chi connectivity index (χ1v) is 8.85. The maximum absolute atomic E-state index is 12.9. The number of fused-ring (bicyclic) bond motifs is 1. The molecule has 0 bridgehead atoms. The van der Waals surface area contributed by atoms with E-state index in [0.29, 0.717) is 11.1 Å². The molecule has 150 valence electrons. The fourth-order valence-electron chi connectivity index (χ4n) is 3.59. The first kappa shape index (κ1) is 19.0. The summed E-state index contributed by atoms with van der Waals surface area (Å²) < 4.78 is 44.0. The minimum Gasteiger partial charge on any atom is -0.433 e. The third kappa shape index (κ3) is 3.43. The molecule has 0 radical (unpaired) electrons. The van der Waals surface area contributed by atoms with Crippen LogP contribution in [0.5, 0.6) is 0 Å². The number of esters is 1. The van der Waals surface area contributed by atoms with Crippen LogP contribution in [-0.4, -0.2) is 28.7 Å². The molecule has 29 heavy (non-hydrogen) atoms. The fourth-order valence-corrected chi connectivity index (χ4v) is 3.59. The lowest BCUT2D eigenvalue weighted by Crippen LogP contribution is -2.43. The highest BCUT2D eigenvalue weighted by Crippen LogP contribution is 2.38. The number of alkyl halides is 3. The summed E-state index contributed by atoms with van der Waals surface area (Å²) in [6.45, 7) is 0. The van der Waals surface area contributed by atoms with Gasteiger partial charge in [-0.1, -0.05) is 24.3 Å². The average molecular weight is 404 g/mol. The largest absolute Gasteiger partial charge is 0.433 e. The predicted octanol–water partition coefficient (Wildman–Crippen LogP) is 3.50. The first-order chi connectivity index (χ1) is 13.8. The average Bonchev–Trinajstić information content (AvgIpc) is 3.21. The van der Waals surface area contributed by atoms with Crippen molar-refractivity contribution in [3.05, 3.63) is 65.2 Å². The predicted molar refractivity (Wildman–Crippen MR) is 94.5 cm³/mol. The number of cyclic esters (lactones) is 1. The number of hydrogen-bond donors (Lipinski definition) is 1. The van der Waals surface area contributed by atoms with Crippen LogP contribution in [0.25, 0.3) is 0 Å². The molecule has 1 N–H and O–H groups in total. The number of ether oxygens (including phenoxy) is 1. The van der Waals surface area contributed by atoms with Gasteiger partial charge < -0.3 is 10.1 Å². The Balaban J connectivity index is 1.58. The molecule has 6 nitrogen and oxygen atoms in total. The summed E-state index contributed by atoms with van der Waals surface area (Å²) >= 11 is 0. The number of halogens is 3. The summed E-state index contributed by atoms with van der Waals surface area (Å²) in [4.78, 5) is 38.4. The number of rotatable bonds is 3. The summed E-state index contributed by atoms with van der Waals surface area (Å²) in [6, 6.07) is 9.82. The lowest BCUT2D eigenvalue weighted by atomic mass is 10.1. The number of nitrogens with zero attached hydrogens (tertiary/aromatic N) is 1. The van der Waals surface area contributed by atoms with Crippen molar-refractivity contribution in [2.45, 2.75) is 31.3 Å². The molecule has 0 unspecified atom stereocenters. The molecule has 1 saturated heterocycles. The van der Waals surface area contributed by atoms with Gasteiger partial charge in [0.05, 0.1) is 11.1 Å². The van der Waals surface area contributed by atoms with Crippen LogP contribution in [0.1, 0.15) is 40.6 Å². The quantitative estimate of drug-likeness (QED) is 0.795. The van der Waals surface area contributed by atoms with E-state index in [4.69, 9.17) is 4.74 Å². The van der Waals surface area contributed by atoms with Crippen LogP contribution in [0.4, 0.5) is 18.9 Å². The SMILES string of the molecule is O=C1O[C@@H](N2C(=O)CC[C@H]2C(=O)Nc2cccc(C(F)(F)F)c2)c2ccccc21. The monoisotopic (exact) mass is 404 g/mol. The highest BCUT2D eigenvalue weighted by Gasteiger charge is 2.46. The van der Waals surface area contributed by atoms with E-state index in [0.717, 1.165) is 12.1 Å². The van der Waals surface area contributed by atoms with E-state index in [-0.39, 0.29) is 24.4 Å². The zero-order valence-corrected chi connectivity index (χ0v) is 14.9. The van der Waals surface area contributed by atoms with Crippen LogP contribution in [0.2, 0.25) is 0 Å². The summed E-state index contributed by atoms with van der Waals surface area (Å²) in [7, 11) is 0. The van der Waals surface area contributed by atoms with Crippen molar-refractivity contribution in [1.82, 2.24) is 4.90 Å². The molecule has 2 aromatic carbocycles. The van der Waals surface area contributed by atoms with Crippen LogP contribution in [0, 0.1) is 0 Å². The molecule has 9 heteroatoms. The number of anilines is 1. The molecule has 0 saturated carbocycles. The first-order valence-electron chi connectivity index (χ1n) is 8.85. The van der Waals surface area contributed by atoms with Crippen molar-refractivity contribution in [3.63, 3.8) is 0 Å². The molecule has 2 aromatic rings. The van der Waals surface area contributed by atoms with Gasteiger partial charge in [-0.15, -0.1) is 0 Å². The Morgan fingerprint density at radius 3 is 2.62 bits per heavy atom. The van der Waals surface area contributed by atoms with Crippen molar-refractivity contribution in [2.75, 3.05) is 5.32 Å². The number of carbonyl (C=O) groups excluding carboxylic acids is 3. The van der Waals surface area contributed by atoms with Gasteiger partial charge in [0.2, 0.25) is 18.0 Å². The van der Waals surface area contributed by atoms with Crippen LogP contribution in [0.3, 0.4) is 0 Å². The molecular weight excluding hydrogens is 389 g/mol. The minimum atomic E-state index is -4.54. The van der Waals surface area contributed by atoms with Crippen molar-refractivity contribution < 1.29 is 32.3 Å². The number of hydrogen-bond acceptors (Lipinski definition) is 4. The lowest BCUT2D eigenvalue weighted by Gasteiger charge is -2.29. The highest BCUT2D eigenvalue weighted by atomic mass is 19.4. The standard InChI is InChI=1S/C20H15F3N2O4/c21-20(22,23)11-4-3-5-12(10-11)24-17(27)15-8-9-16(26)25(15)18-13-6-1-2-7-14(13)19(28)29-18/h1-7,10,15,18H,8-9H2,(H,24,27)/t15-,18+/m0/s1. The fraction of sp³-hybridized carbons (Fsp3) is 0.250. The Labute approximate surface area is 163 Å². The molecule has 0 aliphatic carbocycles. The molecule has 2 atom stereocenters. The number of likely N-dealkylation sites (tertiary alicyclic amines) is 1. The number of amides is 2. The second kappa shape index (κ2) is 6.91. The Hall–Kier alpha value is -3.36. The van der Waals surface area contributed by atoms with Gasteiger partial charge in [0, 0.05) is 17.7 Å². The second-order valence-corrected chi connectivity index (χ2v) is 6.77. The Kier molecular flexibility index (Phi) is 4.52. The Morgan fingerprint density at radius 1 is 1.10 bits per heavy atom. The van der Waals surface area contributed by atoms with Crippen LogP contribution >= 0.6 is 0 Å². The maximum Gasteiger partial charge on any atom is 0.416 e. The van der Waals surface area contributed by atoms with E-state index in [1.807, 2.05) is 0 Å². The van der Waals surface area contributed by atoms with Crippen molar-refractivity contribution >= 4 is 23.5 Å². The molecule has 2 heterocycles. The van der Waals surface area contributed by atoms with Gasteiger partial charge in [-0.2, -0.15) is 13.2 Å². The molecule has 2 aliphatic heterocycles. The highest BCUT2D eigenvalue weighted by molar-refractivity contribution is 6.00. The third-order valence-corrected chi connectivity index (χ3v) is 4.93. The molecule has 4 rings (SSSR count). The normalized spacial score (nSPS) is 21.1. The summed E-state index contributed by atoms with van der Waals surface area (Å²) in [5, 5.41) is 2.43. The van der Waals surface area contributed by atoms with Crippen LogP contribution < -0.4 is 5.32 Å². The van der Waals surface area contributed by atoms with Gasteiger partial charge in [-0.05, 0) is 30.7 Å². The lowest BCUT2D eigenvalue weighted by molar-refractivity contribution is -0.144. The molecule has 2 amide bonds. The number of nitrogens with one attached hydrogen (secondary N) is 1. The van der Waals surface area contributed by atoms with Gasteiger partial charge >= 0.3 is 12.1 Å². The van der Waals surface area contributed by atoms with Crippen molar-refractivity contribution in [2.24, 2.45) is 0 Å². The summed E-state index contributed by atoms with van der Waals surface area (Å²) in [5.74, 6) is -1.61. The Morgan fingerprint density at radius 2 is 1.86 bits per heavy atom. The van der Waals surface area contributed by atoms with E-state index in [1.54, 1.807) is 24.3 Å². The zero-order valence-electron chi connectivity index (χ0n) is 14.9. The van der Waals surface area contributed by atoms with Crippen molar-refractivity contribution in [1.29, 1.82) is 0 Å². The van der Waals surface area contributed by atoms with Crippen LogP contribution in [0.15, 0.2) is 48.5 Å². The van der Waals surface area contributed by atoms with Gasteiger partial charge in [0.15, 0.2) is 0 Å². The summed E-state index contributed by atoms with van der Waals surface area (Å²) in [5.41, 5.74) is -0.139. The topological polar surface area (TPSA) is 75.7 Å². The van der Waals surface area contributed by atoms with E-state index >= 15 is 0 Å². The van der Waals surface area contributed by atoms with Gasteiger partial charge in [-0.3, -0.25) is 14.5 Å². The molecule has 2 aliphatic rings. The van der Waals surface area contributed by atoms with Gasteiger partial charge in [0.1, 0.15) is 6.04 Å².